The third kappa shape index (κ3) is 4.05. The summed E-state index contributed by atoms with van der Waals surface area (Å²) in [5.41, 5.74) is 0.906. The Hall–Kier alpha value is -2.85. The van der Waals surface area contributed by atoms with Gasteiger partial charge in [-0.1, -0.05) is 0 Å². The molecule has 5 fully saturated rings. The zero-order valence-electron chi connectivity index (χ0n) is 20.5. The van der Waals surface area contributed by atoms with E-state index < -0.39 is 17.2 Å². The normalized spacial score (nSPS) is 32.3. The number of aromatic nitrogens is 3. The van der Waals surface area contributed by atoms with Gasteiger partial charge in [0.2, 0.25) is 0 Å². The number of hydrogen-bond acceptors (Lipinski definition) is 5. The van der Waals surface area contributed by atoms with Gasteiger partial charge in [0.05, 0.1) is 17.8 Å². The van der Waals surface area contributed by atoms with E-state index in [9.17, 15) is 13.9 Å². The van der Waals surface area contributed by atoms with Crippen LogP contribution >= 0.6 is 12.2 Å². The molecule has 194 valence electrons. The Labute approximate surface area is 219 Å². The van der Waals surface area contributed by atoms with Gasteiger partial charge in [0.15, 0.2) is 10.8 Å². The number of anilines is 2. The Balaban J connectivity index is 1.13. The Bertz CT molecular complexity index is 1380. The van der Waals surface area contributed by atoms with Crippen molar-refractivity contribution in [2.75, 3.05) is 16.8 Å². The lowest BCUT2D eigenvalue weighted by Crippen LogP contribution is -2.65. The minimum atomic E-state index is -0.568. The summed E-state index contributed by atoms with van der Waals surface area (Å²) >= 11 is 5.73. The van der Waals surface area contributed by atoms with Crippen LogP contribution in [-0.4, -0.2) is 42.5 Å². The Morgan fingerprint density at radius 1 is 1.14 bits per heavy atom. The highest BCUT2D eigenvalue weighted by atomic mass is 32.1. The number of aliphatic hydroxyl groups is 1. The molecule has 0 amide bonds. The minimum absolute atomic E-state index is 0.164. The summed E-state index contributed by atoms with van der Waals surface area (Å²) in [5, 5.41) is 22.9. The standard InChI is InChI=1S/C27H30F2N6OS/c28-18-3-4-20(29)19(9-18)22-2-1-6-34(22)23-5-7-35-24(32-23)21(14-30-35)31-25(37)33-26-10-16-8-17(11-26)13-27(36,12-16)15-26/h3-5,7,9,14,16-17,22,36H,1-2,6,8,10-13,15H2,(H2,31,33,37)/t16-,17-,22-,26?,27?/m1/s1. The highest BCUT2D eigenvalue weighted by Gasteiger charge is 2.57. The number of thiocarbonyl (C=S) groups is 1. The largest absolute Gasteiger partial charge is 0.390 e. The SMILES string of the molecule is OC12C[C@@H]3C[C@@H](C1)CC(NC(=S)Nc1cnn4ccc(N5CCC[C@@H]5c5cc(F)ccc5F)nc14)(C3)C2. The van der Waals surface area contributed by atoms with E-state index >= 15 is 0 Å². The molecule has 5 aliphatic rings. The zero-order chi connectivity index (χ0) is 25.4. The molecule has 1 aliphatic heterocycles. The number of rotatable bonds is 4. The summed E-state index contributed by atoms with van der Waals surface area (Å²) in [6.07, 6.45) is 10.9. The molecule has 3 aromatic rings. The lowest BCUT2D eigenvalue weighted by atomic mass is 9.51. The van der Waals surface area contributed by atoms with Crippen LogP contribution in [0.4, 0.5) is 20.3 Å². The Morgan fingerprint density at radius 2 is 1.95 bits per heavy atom. The molecule has 2 aromatic heterocycles. The smallest absolute Gasteiger partial charge is 0.180 e. The number of nitrogens with zero attached hydrogens (tertiary/aromatic N) is 4. The minimum Gasteiger partial charge on any atom is -0.390 e. The first-order valence-electron chi connectivity index (χ1n) is 13.2. The van der Waals surface area contributed by atoms with Crippen molar-refractivity contribution in [2.45, 2.75) is 68.5 Å². The maximum atomic E-state index is 14.6. The van der Waals surface area contributed by atoms with Crippen molar-refractivity contribution in [2.24, 2.45) is 11.8 Å². The van der Waals surface area contributed by atoms with Gasteiger partial charge in [-0.25, -0.2) is 18.3 Å². The van der Waals surface area contributed by atoms with E-state index in [2.05, 4.69) is 15.7 Å². The highest BCUT2D eigenvalue weighted by molar-refractivity contribution is 7.80. The van der Waals surface area contributed by atoms with E-state index in [1.807, 2.05) is 17.2 Å². The summed E-state index contributed by atoms with van der Waals surface area (Å²) in [6.45, 7) is 0.703. The molecule has 3 atom stereocenters. The third-order valence-corrected chi connectivity index (χ3v) is 9.08. The van der Waals surface area contributed by atoms with Gasteiger partial charge in [0, 0.05) is 23.8 Å². The molecule has 7 nitrogen and oxygen atoms in total. The van der Waals surface area contributed by atoms with Gasteiger partial charge in [-0.15, -0.1) is 0 Å². The molecule has 0 unspecified atom stereocenters. The third-order valence-electron chi connectivity index (χ3n) is 8.88. The number of hydrogen-bond donors (Lipinski definition) is 3. The van der Waals surface area contributed by atoms with Crippen molar-refractivity contribution in [3.8, 4) is 0 Å². The molecule has 4 aliphatic carbocycles. The average Bonchev–Trinajstić information content (AvgIpc) is 3.46. The van der Waals surface area contributed by atoms with Crippen molar-refractivity contribution < 1.29 is 13.9 Å². The van der Waals surface area contributed by atoms with Crippen molar-refractivity contribution in [1.29, 1.82) is 0 Å². The molecule has 4 saturated carbocycles. The van der Waals surface area contributed by atoms with E-state index in [0.29, 0.717) is 46.2 Å². The summed E-state index contributed by atoms with van der Waals surface area (Å²) in [4.78, 5) is 6.89. The summed E-state index contributed by atoms with van der Waals surface area (Å²) in [6, 6.07) is 5.19. The maximum absolute atomic E-state index is 14.6. The van der Waals surface area contributed by atoms with Crippen LogP contribution in [0.25, 0.3) is 5.65 Å². The molecule has 1 saturated heterocycles. The van der Waals surface area contributed by atoms with Gasteiger partial charge in [0.1, 0.15) is 23.1 Å². The monoisotopic (exact) mass is 524 g/mol. The van der Waals surface area contributed by atoms with Crippen molar-refractivity contribution >= 4 is 34.5 Å². The van der Waals surface area contributed by atoms with Crippen LogP contribution in [0.1, 0.15) is 63.0 Å². The zero-order valence-corrected chi connectivity index (χ0v) is 21.3. The van der Waals surface area contributed by atoms with Crippen LogP contribution in [0.3, 0.4) is 0 Å². The highest BCUT2D eigenvalue weighted by Crippen LogP contribution is 2.57. The van der Waals surface area contributed by atoms with Gasteiger partial charge in [-0.3, -0.25) is 0 Å². The second-order valence-corrected chi connectivity index (χ2v) is 12.1. The molecule has 10 heteroatoms. The van der Waals surface area contributed by atoms with Crippen LogP contribution in [0, 0.1) is 23.5 Å². The van der Waals surface area contributed by atoms with Crippen molar-refractivity contribution in [3.05, 3.63) is 53.9 Å². The van der Waals surface area contributed by atoms with E-state index in [1.165, 1.54) is 18.6 Å². The second kappa shape index (κ2) is 8.33. The van der Waals surface area contributed by atoms with Crippen LogP contribution in [0.2, 0.25) is 0 Å². The fraction of sp³-hybridized carbons (Fsp3) is 0.519. The predicted molar refractivity (Wildman–Crippen MR) is 140 cm³/mol. The van der Waals surface area contributed by atoms with Gasteiger partial charge in [-0.2, -0.15) is 5.10 Å². The lowest BCUT2D eigenvalue weighted by molar-refractivity contribution is -0.137. The fourth-order valence-electron chi connectivity index (χ4n) is 8.00. The quantitative estimate of drug-likeness (QED) is 0.427. The first kappa shape index (κ1) is 23.3. The van der Waals surface area contributed by atoms with Crippen molar-refractivity contribution in [3.63, 3.8) is 0 Å². The summed E-state index contributed by atoms with van der Waals surface area (Å²) < 4.78 is 30.2. The predicted octanol–water partition coefficient (Wildman–Crippen LogP) is 4.72. The second-order valence-electron chi connectivity index (χ2n) is 11.7. The van der Waals surface area contributed by atoms with E-state index in [1.54, 1.807) is 10.7 Å². The molecule has 37 heavy (non-hydrogen) atoms. The lowest BCUT2D eigenvalue weighted by Gasteiger charge is -2.60. The first-order chi connectivity index (χ1) is 17.8. The van der Waals surface area contributed by atoms with Gasteiger partial charge < -0.3 is 20.6 Å². The van der Waals surface area contributed by atoms with Gasteiger partial charge in [-0.05, 0) is 99.7 Å². The van der Waals surface area contributed by atoms with E-state index in [4.69, 9.17) is 17.2 Å². The van der Waals surface area contributed by atoms with Crippen LogP contribution in [-0.2, 0) is 0 Å². The average molecular weight is 525 g/mol. The molecule has 3 heterocycles. The van der Waals surface area contributed by atoms with Crippen LogP contribution < -0.4 is 15.5 Å². The van der Waals surface area contributed by atoms with Crippen LogP contribution in [0.15, 0.2) is 36.7 Å². The summed E-state index contributed by atoms with van der Waals surface area (Å²) in [7, 11) is 0. The molecule has 1 aromatic carbocycles. The van der Waals surface area contributed by atoms with Crippen molar-refractivity contribution in [1.82, 2.24) is 19.9 Å². The molecule has 0 radical (unpaired) electrons. The molecular formula is C27H30F2N6OS. The van der Waals surface area contributed by atoms with E-state index in [0.717, 1.165) is 51.0 Å². The number of halogens is 2. The van der Waals surface area contributed by atoms with Crippen LogP contribution in [0.5, 0.6) is 0 Å². The van der Waals surface area contributed by atoms with Gasteiger partial charge in [0.25, 0.3) is 0 Å². The molecule has 8 rings (SSSR count). The molecular weight excluding hydrogens is 494 g/mol. The topological polar surface area (TPSA) is 77.7 Å². The number of fused-ring (bicyclic) bond motifs is 1. The number of nitrogens with one attached hydrogen (secondary N) is 2. The molecule has 0 spiro atoms. The maximum Gasteiger partial charge on any atom is 0.180 e. The Morgan fingerprint density at radius 3 is 2.73 bits per heavy atom. The number of benzene rings is 1. The fourth-order valence-corrected chi connectivity index (χ4v) is 8.32. The Kier molecular flexibility index (Phi) is 5.24. The van der Waals surface area contributed by atoms with E-state index in [-0.39, 0.29) is 11.6 Å². The summed E-state index contributed by atoms with van der Waals surface area (Å²) in [5.74, 6) is 0.945. The molecule has 3 N–H and O–H groups in total. The van der Waals surface area contributed by atoms with Gasteiger partial charge >= 0.3 is 0 Å². The first-order valence-corrected chi connectivity index (χ1v) is 13.6. The molecule has 4 bridgehead atoms.